The number of sulfonamides is 1. The Kier molecular flexibility index (Phi) is 6.34. The molecule has 172 valence electrons. The Morgan fingerprint density at radius 3 is 2.59 bits per heavy atom. The van der Waals surface area contributed by atoms with E-state index in [-0.39, 0.29) is 34.6 Å². The molecule has 0 aliphatic carbocycles. The van der Waals surface area contributed by atoms with Gasteiger partial charge in [0.1, 0.15) is 11.4 Å². The fourth-order valence-electron chi connectivity index (χ4n) is 2.87. The van der Waals surface area contributed by atoms with Crippen LogP contribution in [0.25, 0.3) is 11.0 Å². The highest BCUT2D eigenvalue weighted by Crippen LogP contribution is 2.27. The second kappa shape index (κ2) is 8.68. The molecule has 0 aliphatic heterocycles. The highest BCUT2D eigenvalue weighted by Gasteiger charge is 2.30. The van der Waals surface area contributed by atoms with Crippen LogP contribution in [0.2, 0.25) is 0 Å². The van der Waals surface area contributed by atoms with Gasteiger partial charge in [-0.1, -0.05) is 6.92 Å². The van der Waals surface area contributed by atoms with E-state index in [4.69, 9.17) is 0 Å². The highest BCUT2D eigenvalue weighted by atomic mass is 32.2. The van der Waals surface area contributed by atoms with Crippen molar-refractivity contribution in [3.63, 3.8) is 0 Å². The quantitative estimate of drug-likeness (QED) is 0.448. The van der Waals surface area contributed by atoms with Crippen molar-refractivity contribution in [3.8, 4) is 0 Å². The van der Waals surface area contributed by atoms with E-state index >= 15 is 0 Å². The van der Waals surface area contributed by atoms with Crippen LogP contribution in [0.3, 0.4) is 0 Å². The molecular weight excluding hydrogens is 461 g/mol. The number of carbonyl (C=O) groups is 1. The second-order valence-corrected chi connectivity index (χ2v) is 8.59. The predicted octanol–water partition coefficient (Wildman–Crippen LogP) is 3.74. The first-order valence-electron chi connectivity index (χ1n) is 9.10. The minimum atomic E-state index is -4.53. The summed E-state index contributed by atoms with van der Waals surface area (Å²) in [4.78, 5) is 16.3. The van der Waals surface area contributed by atoms with Crippen LogP contribution < -0.4 is 10.0 Å². The molecule has 3 aromatic rings. The summed E-state index contributed by atoms with van der Waals surface area (Å²) < 4.78 is 92.7. The number of aromatic nitrogens is 3. The van der Waals surface area contributed by atoms with E-state index in [0.29, 0.717) is 6.07 Å². The summed E-state index contributed by atoms with van der Waals surface area (Å²) >= 11 is 0. The van der Waals surface area contributed by atoms with Gasteiger partial charge in [-0.05, 0) is 24.6 Å². The van der Waals surface area contributed by atoms with Crippen molar-refractivity contribution in [2.45, 2.75) is 25.9 Å². The number of anilines is 2. The molecule has 0 saturated heterocycles. The Hall–Kier alpha value is -3.29. The van der Waals surface area contributed by atoms with E-state index < -0.39 is 51.4 Å². The van der Waals surface area contributed by atoms with E-state index in [0.717, 1.165) is 18.3 Å². The van der Waals surface area contributed by atoms with Crippen LogP contribution in [0.1, 0.15) is 29.4 Å². The van der Waals surface area contributed by atoms with Crippen LogP contribution in [0, 0.1) is 11.6 Å². The number of amides is 1. The Morgan fingerprint density at radius 1 is 1.22 bits per heavy atom. The maximum absolute atomic E-state index is 14.7. The molecule has 1 aromatic carbocycles. The minimum absolute atomic E-state index is 0.0397. The first kappa shape index (κ1) is 23.4. The van der Waals surface area contributed by atoms with Crippen molar-refractivity contribution in [2.75, 3.05) is 15.8 Å². The smallest absolute Gasteiger partial charge is 0.320 e. The maximum atomic E-state index is 14.7. The van der Waals surface area contributed by atoms with Gasteiger partial charge in [0, 0.05) is 5.39 Å². The number of aromatic amines is 1. The van der Waals surface area contributed by atoms with Crippen LogP contribution in [0.5, 0.6) is 0 Å². The van der Waals surface area contributed by atoms with Crippen molar-refractivity contribution in [3.05, 3.63) is 47.3 Å². The molecule has 0 spiro atoms. The monoisotopic (exact) mass is 477 g/mol. The number of hydrogen-bond acceptors (Lipinski definition) is 5. The van der Waals surface area contributed by atoms with Crippen molar-refractivity contribution < 1.29 is 35.2 Å². The molecule has 0 bridgehead atoms. The van der Waals surface area contributed by atoms with Gasteiger partial charge in [-0.3, -0.25) is 14.6 Å². The molecule has 1 amide bonds. The molecule has 0 atom stereocenters. The largest absolute Gasteiger partial charge is 0.394 e. The van der Waals surface area contributed by atoms with Gasteiger partial charge in [-0.2, -0.15) is 18.3 Å². The molecule has 0 fully saturated rings. The number of alkyl halides is 3. The average Bonchev–Trinajstić information content (AvgIpc) is 3.04. The molecule has 3 rings (SSSR count). The normalized spacial score (nSPS) is 12.2. The van der Waals surface area contributed by atoms with Crippen molar-refractivity contribution in [1.29, 1.82) is 0 Å². The fraction of sp³-hybridized carbons (Fsp3) is 0.278. The lowest BCUT2D eigenvalue weighted by molar-refractivity contribution is -0.127. The summed E-state index contributed by atoms with van der Waals surface area (Å²) in [7, 11) is -3.92. The number of benzene rings is 1. The number of nitrogens with zero attached hydrogens (tertiary/aromatic N) is 2. The molecule has 2 aromatic heterocycles. The van der Waals surface area contributed by atoms with Gasteiger partial charge in [-0.15, -0.1) is 0 Å². The van der Waals surface area contributed by atoms with Crippen LogP contribution in [0.15, 0.2) is 24.4 Å². The number of hydrogen-bond donors (Lipinski definition) is 3. The van der Waals surface area contributed by atoms with Crippen molar-refractivity contribution >= 4 is 38.3 Å². The van der Waals surface area contributed by atoms with Gasteiger partial charge >= 0.3 is 6.18 Å². The third kappa shape index (κ3) is 5.30. The van der Waals surface area contributed by atoms with E-state index in [1.165, 1.54) is 0 Å². The van der Waals surface area contributed by atoms with E-state index in [1.54, 1.807) is 6.92 Å². The molecule has 0 radical (unpaired) electrons. The van der Waals surface area contributed by atoms with Crippen LogP contribution in [0.4, 0.5) is 33.3 Å². The lowest BCUT2D eigenvalue weighted by Crippen LogP contribution is -2.20. The third-order valence-corrected chi connectivity index (χ3v) is 5.66. The zero-order valence-corrected chi connectivity index (χ0v) is 17.2. The molecule has 0 saturated carbocycles. The Morgan fingerprint density at radius 2 is 1.94 bits per heavy atom. The zero-order chi connectivity index (χ0) is 23.7. The van der Waals surface area contributed by atoms with E-state index in [9.17, 15) is 35.2 Å². The maximum Gasteiger partial charge on any atom is 0.394 e. The molecule has 8 nitrogen and oxygen atoms in total. The minimum Gasteiger partial charge on any atom is -0.320 e. The van der Waals surface area contributed by atoms with Gasteiger partial charge in [0.2, 0.25) is 10.0 Å². The predicted molar refractivity (Wildman–Crippen MR) is 106 cm³/mol. The van der Waals surface area contributed by atoms with E-state index in [1.807, 2.05) is 4.72 Å². The molecule has 14 heteroatoms. The molecule has 32 heavy (non-hydrogen) atoms. The zero-order valence-electron chi connectivity index (χ0n) is 16.3. The van der Waals surface area contributed by atoms with Crippen LogP contribution in [-0.4, -0.2) is 41.4 Å². The molecule has 2 heterocycles. The first-order valence-corrected chi connectivity index (χ1v) is 10.7. The molecule has 0 unspecified atom stereocenters. The summed E-state index contributed by atoms with van der Waals surface area (Å²) in [6, 6.07) is 2.66. The number of carbonyl (C=O) groups excluding carboxylic acids is 1. The van der Waals surface area contributed by atoms with Crippen molar-refractivity contribution in [2.24, 2.45) is 0 Å². The number of H-pyrrole nitrogens is 1. The third-order valence-electron chi connectivity index (χ3n) is 4.18. The van der Waals surface area contributed by atoms with Crippen LogP contribution >= 0.6 is 0 Å². The summed E-state index contributed by atoms with van der Waals surface area (Å²) in [5, 5.41) is 7.95. The van der Waals surface area contributed by atoms with Gasteiger partial charge in [0.05, 0.1) is 35.4 Å². The fourth-order valence-corrected chi connectivity index (χ4v) is 4.01. The van der Waals surface area contributed by atoms with Crippen LogP contribution in [-0.2, 0) is 16.4 Å². The molecule has 3 N–H and O–H groups in total. The van der Waals surface area contributed by atoms with Gasteiger partial charge in [-0.25, -0.2) is 22.2 Å². The SMILES string of the molecule is CCCS(=O)(=O)Nc1ccc(F)c(C(=O)Nc2cnc3n[nH]c(CC(F)(F)F)c3c2)c1F. The number of pyridine rings is 1. The summed E-state index contributed by atoms with van der Waals surface area (Å²) in [6.07, 6.45) is -4.57. The Balaban J connectivity index is 1.91. The number of nitrogens with one attached hydrogen (secondary N) is 3. The van der Waals surface area contributed by atoms with Gasteiger partial charge < -0.3 is 5.32 Å². The average molecular weight is 477 g/mol. The van der Waals surface area contributed by atoms with E-state index in [2.05, 4.69) is 20.5 Å². The standard InChI is InChI=1S/C18H16F5N5O3S/c1-2-5-32(30,31)28-12-4-3-11(19)14(15(12)20)17(29)25-9-6-10-13(7-18(21,22)23)26-27-16(10)24-8-9/h3-4,6,8,28H,2,5,7H2,1H3,(H,25,29)(H,24,26,27). The Bertz CT molecular complexity index is 1270. The van der Waals surface area contributed by atoms with Gasteiger partial charge in [0.15, 0.2) is 11.5 Å². The lowest BCUT2D eigenvalue weighted by Gasteiger charge is -2.12. The highest BCUT2D eigenvalue weighted by molar-refractivity contribution is 7.92. The number of halogens is 5. The van der Waals surface area contributed by atoms with Gasteiger partial charge in [0.25, 0.3) is 5.91 Å². The topological polar surface area (TPSA) is 117 Å². The number of fused-ring (bicyclic) bond motifs is 1. The lowest BCUT2D eigenvalue weighted by atomic mass is 10.1. The summed E-state index contributed by atoms with van der Waals surface area (Å²) in [6.45, 7) is 1.59. The van der Waals surface area contributed by atoms with Crippen molar-refractivity contribution in [1.82, 2.24) is 15.2 Å². The summed E-state index contributed by atoms with van der Waals surface area (Å²) in [5.41, 5.74) is -2.21. The molecular formula is C18H16F5N5O3S. The Labute approximate surface area is 178 Å². The second-order valence-electron chi connectivity index (χ2n) is 6.75. The molecule has 0 aliphatic rings. The summed E-state index contributed by atoms with van der Waals surface area (Å²) in [5.74, 6) is -4.33. The first-order chi connectivity index (χ1) is 14.9. The number of rotatable bonds is 7.